The molecule has 1 N–H and O–H groups in total. The first-order valence-corrected chi connectivity index (χ1v) is 9.80. The maximum absolute atomic E-state index is 12.7. The number of amides is 2. The first-order chi connectivity index (χ1) is 13.2. The molecule has 0 unspecified atom stereocenters. The second-order valence-electron chi connectivity index (χ2n) is 7.26. The summed E-state index contributed by atoms with van der Waals surface area (Å²) in [6.45, 7) is 3.44. The Morgan fingerprint density at radius 2 is 1.96 bits per heavy atom. The standard InChI is InChI=1S/C20H26N4O3/c25-19(23-10-12-27-13-11-23)14-24-17-5-2-1-4-16(17)22-18(24)6-3-9-21-20(26)15-7-8-15/h1-2,4-5,15H,3,6-14H2,(H,21,26). The lowest BCUT2D eigenvalue weighted by molar-refractivity contribution is -0.135. The molecular formula is C20H26N4O3. The van der Waals surface area contributed by atoms with E-state index in [0.717, 1.165) is 42.5 Å². The summed E-state index contributed by atoms with van der Waals surface area (Å²) < 4.78 is 7.36. The summed E-state index contributed by atoms with van der Waals surface area (Å²) >= 11 is 0. The third kappa shape index (κ3) is 4.30. The predicted octanol–water partition coefficient (Wildman–Crippen LogP) is 1.35. The highest BCUT2D eigenvalue weighted by atomic mass is 16.5. The monoisotopic (exact) mass is 370 g/mol. The Labute approximate surface area is 158 Å². The molecule has 1 aliphatic heterocycles. The van der Waals surface area contributed by atoms with Gasteiger partial charge < -0.3 is 19.5 Å². The lowest BCUT2D eigenvalue weighted by Crippen LogP contribution is -2.42. The molecule has 2 heterocycles. The summed E-state index contributed by atoms with van der Waals surface area (Å²) in [7, 11) is 0. The van der Waals surface area contributed by atoms with Gasteiger partial charge >= 0.3 is 0 Å². The van der Waals surface area contributed by atoms with E-state index in [1.165, 1.54) is 0 Å². The highest BCUT2D eigenvalue weighted by Crippen LogP contribution is 2.28. The van der Waals surface area contributed by atoms with Gasteiger partial charge in [-0.25, -0.2) is 4.98 Å². The second-order valence-corrected chi connectivity index (χ2v) is 7.26. The fourth-order valence-corrected chi connectivity index (χ4v) is 3.49. The molecule has 1 aromatic carbocycles. The molecule has 2 aliphatic rings. The van der Waals surface area contributed by atoms with Gasteiger partial charge in [0, 0.05) is 32.0 Å². The smallest absolute Gasteiger partial charge is 0.242 e. The largest absolute Gasteiger partial charge is 0.378 e. The number of rotatable bonds is 7. The van der Waals surface area contributed by atoms with Gasteiger partial charge in [-0.1, -0.05) is 12.1 Å². The predicted molar refractivity (Wildman–Crippen MR) is 101 cm³/mol. The molecule has 1 aliphatic carbocycles. The van der Waals surface area contributed by atoms with E-state index in [4.69, 9.17) is 9.72 Å². The van der Waals surface area contributed by atoms with Crippen molar-refractivity contribution in [2.45, 2.75) is 32.2 Å². The van der Waals surface area contributed by atoms with Crippen LogP contribution in [0.2, 0.25) is 0 Å². The Hall–Kier alpha value is -2.41. The van der Waals surface area contributed by atoms with E-state index in [2.05, 4.69) is 5.32 Å². The summed E-state index contributed by atoms with van der Waals surface area (Å²) in [6.07, 6.45) is 3.58. The Bertz CT molecular complexity index is 822. The van der Waals surface area contributed by atoms with Gasteiger partial charge in [-0.15, -0.1) is 0 Å². The van der Waals surface area contributed by atoms with Gasteiger partial charge in [-0.3, -0.25) is 9.59 Å². The number of aryl methyl sites for hydroxylation is 1. The van der Waals surface area contributed by atoms with Gasteiger partial charge in [-0.05, 0) is 31.4 Å². The van der Waals surface area contributed by atoms with E-state index in [1.807, 2.05) is 33.7 Å². The fourth-order valence-electron chi connectivity index (χ4n) is 3.49. The summed E-state index contributed by atoms with van der Waals surface area (Å²) in [5.74, 6) is 1.41. The normalized spacial score (nSPS) is 17.3. The van der Waals surface area contributed by atoms with Gasteiger partial charge in [-0.2, -0.15) is 0 Å². The molecule has 2 fully saturated rings. The highest BCUT2D eigenvalue weighted by Gasteiger charge is 2.29. The number of morpholine rings is 1. The van der Waals surface area contributed by atoms with E-state index < -0.39 is 0 Å². The number of hydrogen-bond donors (Lipinski definition) is 1. The number of imidazole rings is 1. The Balaban J connectivity index is 1.43. The van der Waals surface area contributed by atoms with Gasteiger partial charge in [0.1, 0.15) is 12.4 Å². The molecule has 1 aromatic heterocycles. The molecular weight excluding hydrogens is 344 g/mol. The zero-order chi connectivity index (χ0) is 18.6. The molecule has 2 aromatic rings. The van der Waals surface area contributed by atoms with Crippen molar-refractivity contribution in [3.8, 4) is 0 Å². The van der Waals surface area contributed by atoms with Crippen LogP contribution in [0.3, 0.4) is 0 Å². The molecule has 7 nitrogen and oxygen atoms in total. The summed E-state index contributed by atoms with van der Waals surface area (Å²) in [4.78, 5) is 31.1. The number of benzene rings is 1. The number of nitrogens with zero attached hydrogens (tertiary/aromatic N) is 3. The molecule has 27 heavy (non-hydrogen) atoms. The topological polar surface area (TPSA) is 76.5 Å². The van der Waals surface area contributed by atoms with Crippen molar-refractivity contribution >= 4 is 22.8 Å². The van der Waals surface area contributed by atoms with Crippen molar-refractivity contribution in [1.82, 2.24) is 19.8 Å². The average Bonchev–Trinajstić information content (AvgIpc) is 3.50. The average molecular weight is 370 g/mol. The van der Waals surface area contributed by atoms with Crippen LogP contribution in [0.15, 0.2) is 24.3 Å². The first-order valence-electron chi connectivity index (χ1n) is 9.80. The molecule has 0 spiro atoms. The molecule has 0 bridgehead atoms. The lowest BCUT2D eigenvalue weighted by Gasteiger charge is -2.27. The number of fused-ring (bicyclic) bond motifs is 1. The van der Waals surface area contributed by atoms with Crippen LogP contribution in [-0.4, -0.2) is 59.1 Å². The fraction of sp³-hybridized carbons (Fsp3) is 0.550. The molecule has 144 valence electrons. The van der Waals surface area contributed by atoms with Crippen LogP contribution >= 0.6 is 0 Å². The lowest BCUT2D eigenvalue weighted by atomic mass is 10.2. The zero-order valence-electron chi connectivity index (χ0n) is 15.5. The number of para-hydroxylation sites is 2. The summed E-state index contributed by atoms with van der Waals surface area (Å²) in [6, 6.07) is 7.92. The van der Waals surface area contributed by atoms with E-state index in [-0.39, 0.29) is 17.7 Å². The Morgan fingerprint density at radius 3 is 2.74 bits per heavy atom. The van der Waals surface area contributed by atoms with Crippen LogP contribution in [0.5, 0.6) is 0 Å². The van der Waals surface area contributed by atoms with Crippen molar-refractivity contribution in [3.05, 3.63) is 30.1 Å². The third-order valence-corrected chi connectivity index (χ3v) is 5.22. The van der Waals surface area contributed by atoms with Crippen LogP contribution < -0.4 is 5.32 Å². The van der Waals surface area contributed by atoms with Crippen LogP contribution in [0.25, 0.3) is 11.0 Å². The molecule has 1 saturated heterocycles. The van der Waals surface area contributed by atoms with Crippen LogP contribution in [0, 0.1) is 5.92 Å². The third-order valence-electron chi connectivity index (χ3n) is 5.22. The quantitative estimate of drug-likeness (QED) is 0.747. The van der Waals surface area contributed by atoms with Crippen LogP contribution in [0.1, 0.15) is 25.1 Å². The minimum Gasteiger partial charge on any atom is -0.378 e. The Kier molecular flexibility index (Phi) is 5.38. The summed E-state index contributed by atoms with van der Waals surface area (Å²) in [5, 5.41) is 3.00. The van der Waals surface area contributed by atoms with Gasteiger partial charge in [0.05, 0.1) is 24.2 Å². The van der Waals surface area contributed by atoms with Crippen molar-refractivity contribution in [2.75, 3.05) is 32.8 Å². The molecule has 1 saturated carbocycles. The number of carbonyl (C=O) groups excluding carboxylic acids is 2. The van der Waals surface area contributed by atoms with Crippen molar-refractivity contribution in [2.24, 2.45) is 5.92 Å². The number of aromatic nitrogens is 2. The van der Waals surface area contributed by atoms with Gasteiger partial charge in [0.2, 0.25) is 11.8 Å². The first kappa shape index (κ1) is 18.0. The van der Waals surface area contributed by atoms with Crippen molar-refractivity contribution < 1.29 is 14.3 Å². The zero-order valence-corrected chi connectivity index (χ0v) is 15.5. The summed E-state index contributed by atoms with van der Waals surface area (Å²) in [5.41, 5.74) is 1.89. The molecule has 0 atom stereocenters. The molecule has 2 amide bonds. The van der Waals surface area contributed by atoms with E-state index in [1.54, 1.807) is 0 Å². The molecule has 7 heteroatoms. The SMILES string of the molecule is O=C(NCCCc1nc2ccccc2n1CC(=O)N1CCOCC1)C1CC1. The van der Waals surface area contributed by atoms with E-state index >= 15 is 0 Å². The molecule has 0 radical (unpaired) electrons. The van der Waals surface area contributed by atoms with E-state index in [0.29, 0.717) is 39.4 Å². The van der Waals surface area contributed by atoms with Crippen LogP contribution in [-0.2, 0) is 27.3 Å². The highest BCUT2D eigenvalue weighted by molar-refractivity contribution is 5.81. The maximum atomic E-state index is 12.7. The van der Waals surface area contributed by atoms with Gasteiger partial charge in [0.25, 0.3) is 0 Å². The molecule has 4 rings (SSSR count). The second kappa shape index (κ2) is 8.08. The van der Waals surface area contributed by atoms with Crippen molar-refractivity contribution in [3.63, 3.8) is 0 Å². The number of hydrogen-bond acceptors (Lipinski definition) is 4. The number of carbonyl (C=O) groups is 2. The van der Waals surface area contributed by atoms with Crippen molar-refractivity contribution in [1.29, 1.82) is 0 Å². The van der Waals surface area contributed by atoms with E-state index in [9.17, 15) is 9.59 Å². The minimum absolute atomic E-state index is 0.102. The van der Waals surface area contributed by atoms with Crippen LogP contribution in [0.4, 0.5) is 0 Å². The minimum atomic E-state index is 0.102. The number of ether oxygens (including phenoxy) is 1. The maximum Gasteiger partial charge on any atom is 0.242 e. The number of nitrogens with one attached hydrogen (secondary N) is 1. The van der Waals surface area contributed by atoms with Gasteiger partial charge in [0.15, 0.2) is 0 Å². The Morgan fingerprint density at radius 1 is 1.19 bits per heavy atom.